The quantitative estimate of drug-likeness (QED) is 0.687. The minimum absolute atomic E-state index is 0.0625. The molecular formula is C13H26N2O2. The summed E-state index contributed by atoms with van der Waals surface area (Å²) in [6.07, 6.45) is 3.77. The second-order valence-electron chi connectivity index (χ2n) is 5.23. The second kappa shape index (κ2) is 7.67. The van der Waals surface area contributed by atoms with Gasteiger partial charge >= 0.3 is 0 Å². The summed E-state index contributed by atoms with van der Waals surface area (Å²) in [5, 5.41) is 6.20. The summed E-state index contributed by atoms with van der Waals surface area (Å²) in [5.41, 5.74) is 0. The van der Waals surface area contributed by atoms with E-state index in [9.17, 15) is 4.79 Å². The van der Waals surface area contributed by atoms with Crippen molar-refractivity contribution in [2.24, 2.45) is 11.8 Å². The first-order chi connectivity index (χ1) is 8.13. The molecule has 1 aliphatic rings. The standard InChI is InChI=1S/C13H26N2O2/c1-10-4-5-11(2)12(8-10)15-9-13(16)14-6-7-17-3/h10-12,15H,4-9H2,1-3H3,(H,14,16). The SMILES string of the molecule is COCCNC(=O)CNC1CC(C)CCC1C. The van der Waals surface area contributed by atoms with Gasteiger partial charge in [0, 0.05) is 19.7 Å². The minimum Gasteiger partial charge on any atom is -0.383 e. The van der Waals surface area contributed by atoms with Crippen LogP contribution in [0.15, 0.2) is 0 Å². The van der Waals surface area contributed by atoms with Gasteiger partial charge in [-0.1, -0.05) is 20.3 Å². The van der Waals surface area contributed by atoms with Gasteiger partial charge in [0.25, 0.3) is 0 Å². The Kier molecular flexibility index (Phi) is 6.52. The largest absolute Gasteiger partial charge is 0.383 e. The van der Waals surface area contributed by atoms with Gasteiger partial charge in [-0.2, -0.15) is 0 Å². The van der Waals surface area contributed by atoms with Crippen LogP contribution in [0, 0.1) is 11.8 Å². The molecule has 2 N–H and O–H groups in total. The maximum atomic E-state index is 11.5. The van der Waals surface area contributed by atoms with Crippen molar-refractivity contribution >= 4 is 5.91 Å². The molecule has 0 bridgehead atoms. The van der Waals surface area contributed by atoms with Crippen LogP contribution in [0.25, 0.3) is 0 Å². The predicted molar refractivity (Wildman–Crippen MR) is 68.9 cm³/mol. The van der Waals surface area contributed by atoms with Crippen molar-refractivity contribution in [1.82, 2.24) is 10.6 Å². The van der Waals surface area contributed by atoms with Crippen LogP contribution in [0.4, 0.5) is 0 Å². The van der Waals surface area contributed by atoms with Gasteiger partial charge in [0.05, 0.1) is 13.2 Å². The fraction of sp³-hybridized carbons (Fsp3) is 0.923. The molecule has 1 aliphatic carbocycles. The lowest BCUT2D eigenvalue weighted by Gasteiger charge is -2.33. The molecule has 4 nitrogen and oxygen atoms in total. The third-order valence-corrected chi connectivity index (χ3v) is 3.61. The number of rotatable bonds is 6. The monoisotopic (exact) mass is 242 g/mol. The highest BCUT2D eigenvalue weighted by molar-refractivity contribution is 5.77. The molecule has 0 aromatic rings. The molecule has 0 aromatic heterocycles. The van der Waals surface area contributed by atoms with Crippen molar-refractivity contribution < 1.29 is 9.53 Å². The van der Waals surface area contributed by atoms with Gasteiger partial charge in [0.15, 0.2) is 0 Å². The van der Waals surface area contributed by atoms with Crippen molar-refractivity contribution in [1.29, 1.82) is 0 Å². The van der Waals surface area contributed by atoms with E-state index in [4.69, 9.17) is 4.74 Å². The highest BCUT2D eigenvalue weighted by Gasteiger charge is 2.25. The van der Waals surface area contributed by atoms with Crippen molar-refractivity contribution in [3.8, 4) is 0 Å². The van der Waals surface area contributed by atoms with Crippen molar-refractivity contribution in [3.63, 3.8) is 0 Å². The van der Waals surface area contributed by atoms with Gasteiger partial charge in [0.1, 0.15) is 0 Å². The summed E-state index contributed by atoms with van der Waals surface area (Å²) < 4.78 is 4.88. The van der Waals surface area contributed by atoms with Crippen molar-refractivity contribution in [2.45, 2.75) is 39.2 Å². The number of carbonyl (C=O) groups excluding carboxylic acids is 1. The molecular weight excluding hydrogens is 216 g/mol. The molecule has 1 saturated carbocycles. The summed E-state index contributed by atoms with van der Waals surface area (Å²) in [7, 11) is 1.63. The number of hydrogen-bond acceptors (Lipinski definition) is 3. The molecule has 1 amide bonds. The molecule has 4 heteroatoms. The van der Waals surface area contributed by atoms with Crippen LogP contribution in [0.2, 0.25) is 0 Å². The Labute approximate surface area is 104 Å². The Morgan fingerprint density at radius 2 is 2.12 bits per heavy atom. The summed E-state index contributed by atoms with van der Waals surface area (Å²) >= 11 is 0. The summed E-state index contributed by atoms with van der Waals surface area (Å²) in [5.74, 6) is 1.52. The molecule has 0 heterocycles. The summed E-state index contributed by atoms with van der Waals surface area (Å²) in [6.45, 7) is 6.15. The zero-order valence-corrected chi connectivity index (χ0v) is 11.3. The Hall–Kier alpha value is -0.610. The first-order valence-corrected chi connectivity index (χ1v) is 6.62. The van der Waals surface area contributed by atoms with Gasteiger partial charge < -0.3 is 15.4 Å². The molecule has 0 spiro atoms. The van der Waals surface area contributed by atoms with E-state index in [1.807, 2.05) is 0 Å². The minimum atomic E-state index is 0.0625. The smallest absolute Gasteiger partial charge is 0.234 e. The Bertz CT molecular complexity index is 233. The average Bonchev–Trinajstić information content (AvgIpc) is 2.31. The Balaban J connectivity index is 2.17. The van der Waals surface area contributed by atoms with E-state index >= 15 is 0 Å². The van der Waals surface area contributed by atoms with Gasteiger partial charge in [-0.25, -0.2) is 0 Å². The lowest BCUT2D eigenvalue weighted by molar-refractivity contribution is -0.120. The maximum absolute atomic E-state index is 11.5. The third kappa shape index (κ3) is 5.50. The second-order valence-corrected chi connectivity index (χ2v) is 5.23. The highest BCUT2D eigenvalue weighted by atomic mass is 16.5. The molecule has 100 valence electrons. The van der Waals surface area contributed by atoms with E-state index in [1.165, 1.54) is 19.3 Å². The number of hydrogen-bond donors (Lipinski definition) is 2. The van der Waals surface area contributed by atoms with Crippen molar-refractivity contribution in [2.75, 3.05) is 26.8 Å². The number of carbonyl (C=O) groups is 1. The van der Waals surface area contributed by atoms with E-state index in [0.717, 1.165) is 5.92 Å². The fourth-order valence-electron chi connectivity index (χ4n) is 2.40. The first kappa shape index (κ1) is 14.5. The summed E-state index contributed by atoms with van der Waals surface area (Å²) in [6, 6.07) is 0.493. The molecule has 1 fully saturated rings. The molecule has 0 radical (unpaired) electrons. The van der Waals surface area contributed by atoms with Gasteiger partial charge in [0.2, 0.25) is 5.91 Å². The molecule has 17 heavy (non-hydrogen) atoms. The van der Waals surface area contributed by atoms with E-state index in [1.54, 1.807) is 7.11 Å². The van der Waals surface area contributed by atoms with Crippen LogP contribution in [0.3, 0.4) is 0 Å². The number of ether oxygens (including phenoxy) is 1. The van der Waals surface area contributed by atoms with Crippen LogP contribution < -0.4 is 10.6 Å². The molecule has 0 saturated heterocycles. The van der Waals surface area contributed by atoms with Crippen LogP contribution >= 0.6 is 0 Å². The first-order valence-electron chi connectivity index (χ1n) is 6.62. The molecule has 3 atom stereocenters. The Morgan fingerprint density at radius 3 is 2.82 bits per heavy atom. The molecule has 1 rings (SSSR count). The van der Waals surface area contributed by atoms with Crippen molar-refractivity contribution in [3.05, 3.63) is 0 Å². The number of methoxy groups -OCH3 is 1. The summed E-state index contributed by atoms with van der Waals surface area (Å²) in [4.78, 5) is 11.5. The zero-order valence-electron chi connectivity index (χ0n) is 11.3. The fourth-order valence-corrected chi connectivity index (χ4v) is 2.40. The topological polar surface area (TPSA) is 50.4 Å². The van der Waals surface area contributed by atoms with Crippen LogP contribution in [0.1, 0.15) is 33.1 Å². The van der Waals surface area contributed by atoms with Crippen LogP contribution in [0.5, 0.6) is 0 Å². The van der Waals surface area contributed by atoms with Gasteiger partial charge in [-0.05, 0) is 24.7 Å². The zero-order chi connectivity index (χ0) is 12.7. The average molecular weight is 242 g/mol. The van der Waals surface area contributed by atoms with Gasteiger partial charge in [-0.15, -0.1) is 0 Å². The van der Waals surface area contributed by atoms with E-state index < -0.39 is 0 Å². The normalized spacial score (nSPS) is 29.0. The van der Waals surface area contributed by atoms with Gasteiger partial charge in [-0.3, -0.25) is 4.79 Å². The van der Waals surface area contributed by atoms with Crippen LogP contribution in [-0.2, 0) is 9.53 Å². The van der Waals surface area contributed by atoms with E-state index in [-0.39, 0.29) is 5.91 Å². The lowest BCUT2D eigenvalue weighted by Crippen LogP contribution is -2.45. The van der Waals surface area contributed by atoms with E-state index in [0.29, 0.717) is 31.7 Å². The lowest BCUT2D eigenvalue weighted by atomic mass is 9.80. The number of amides is 1. The number of nitrogens with one attached hydrogen (secondary N) is 2. The molecule has 0 aromatic carbocycles. The molecule has 0 aliphatic heterocycles. The Morgan fingerprint density at radius 1 is 1.35 bits per heavy atom. The third-order valence-electron chi connectivity index (χ3n) is 3.61. The molecule has 3 unspecified atom stereocenters. The van der Waals surface area contributed by atoms with E-state index in [2.05, 4.69) is 24.5 Å². The maximum Gasteiger partial charge on any atom is 0.234 e. The van der Waals surface area contributed by atoms with Crippen LogP contribution in [-0.4, -0.2) is 38.8 Å². The highest BCUT2D eigenvalue weighted by Crippen LogP contribution is 2.28. The predicted octanol–water partition coefficient (Wildman–Crippen LogP) is 1.16.